The first-order chi connectivity index (χ1) is 8.40. The maximum absolute atomic E-state index is 11.9. The van der Waals surface area contributed by atoms with Gasteiger partial charge in [-0.1, -0.05) is 13.8 Å². The highest BCUT2D eigenvalue weighted by molar-refractivity contribution is 5.88. The highest BCUT2D eigenvalue weighted by Crippen LogP contribution is 2.03. The average molecular weight is 255 g/mol. The number of nitrogens with one attached hydrogen (secondary N) is 1. The van der Waals surface area contributed by atoms with E-state index in [4.69, 9.17) is 0 Å². The molecule has 104 valence electrons. The van der Waals surface area contributed by atoms with Crippen LogP contribution in [0.15, 0.2) is 0 Å². The number of piperazine rings is 1. The van der Waals surface area contributed by atoms with Gasteiger partial charge in [-0.15, -0.1) is 0 Å². The molecule has 1 N–H and O–H groups in total. The maximum Gasteiger partial charge on any atom is 0.234 e. The number of hydrogen-bond donors (Lipinski definition) is 1. The number of likely N-dealkylation sites (N-methyl/N-ethyl adjacent to an activating group) is 1. The first-order valence-corrected chi connectivity index (χ1v) is 6.61. The van der Waals surface area contributed by atoms with Gasteiger partial charge in [0.1, 0.15) is 0 Å². The van der Waals surface area contributed by atoms with Crippen molar-refractivity contribution in [1.29, 1.82) is 0 Å². The van der Waals surface area contributed by atoms with Crippen molar-refractivity contribution in [2.75, 3.05) is 39.8 Å². The molecule has 1 fully saturated rings. The molecule has 5 nitrogen and oxygen atoms in total. The summed E-state index contributed by atoms with van der Waals surface area (Å²) in [4.78, 5) is 27.7. The van der Waals surface area contributed by atoms with Crippen LogP contribution in [0.3, 0.4) is 0 Å². The molecule has 5 heteroatoms. The minimum atomic E-state index is -0.357. The lowest BCUT2D eigenvalue weighted by Crippen LogP contribution is -2.51. The Hall–Kier alpha value is -0.940. The SMILES string of the molecule is CC(=O)C(NC(=O)CN1CCN(C)CC1)C(C)C. The molecule has 1 saturated heterocycles. The maximum atomic E-state index is 11.9. The molecule has 0 radical (unpaired) electrons. The minimum Gasteiger partial charge on any atom is -0.345 e. The molecule has 0 saturated carbocycles. The lowest BCUT2D eigenvalue weighted by molar-refractivity contribution is -0.128. The van der Waals surface area contributed by atoms with Crippen LogP contribution in [0.2, 0.25) is 0 Å². The third-order valence-corrected chi connectivity index (χ3v) is 3.38. The van der Waals surface area contributed by atoms with Crippen molar-refractivity contribution in [2.45, 2.75) is 26.8 Å². The van der Waals surface area contributed by atoms with E-state index < -0.39 is 0 Å². The van der Waals surface area contributed by atoms with E-state index in [1.165, 1.54) is 6.92 Å². The number of hydrogen-bond acceptors (Lipinski definition) is 4. The van der Waals surface area contributed by atoms with E-state index >= 15 is 0 Å². The van der Waals surface area contributed by atoms with Crippen LogP contribution in [-0.2, 0) is 9.59 Å². The summed E-state index contributed by atoms with van der Waals surface area (Å²) in [5.41, 5.74) is 0. The van der Waals surface area contributed by atoms with Gasteiger partial charge in [-0.2, -0.15) is 0 Å². The van der Waals surface area contributed by atoms with Gasteiger partial charge in [0.05, 0.1) is 12.6 Å². The number of rotatable bonds is 5. The molecule has 1 aliphatic heterocycles. The second kappa shape index (κ2) is 6.85. The fourth-order valence-electron chi connectivity index (χ4n) is 2.17. The van der Waals surface area contributed by atoms with E-state index in [0.29, 0.717) is 6.54 Å². The van der Waals surface area contributed by atoms with E-state index in [0.717, 1.165) is 26.2 Å². The highest BCUT2D eigenvalue weighted by Gasteiger charge is 2.22. The van der Waals surface area contributed by atoms with Gasteiger partial charge in [0.25, 0.3) is 0 Å². The summed E-state index contributed by atoms with van der Waals surface area (Å²) in [6.07, 6.45) is 0. The molecule has 1 atom stereocenters. The van der Waals surface area contributed by atoms with Crippen molar-refractivity contribution in [3.8, 4) is 0 Å². The minimum absolute atomic E-state index is 0.0247. The Balaban J connectivity index is 2.38. The molecule has 0 aliphatic carbocycles. The number of nitrogens with zero attached hydrogens (tertiary/aromatic N) is 2. The molecule has 0 aromatic carbocycles. The van der Waals surface area contributed by atoms with Gasteiger partial charge in [-0.25, -0.2) is 0 Å². The summed E-state index contributed by atoms with van der Waals surface area (Å²) in [6.45, 7) is 9.63. The smallest absolute Gasteiger partial charge is 0.234 e. The lowest BCUT2D eigenvalue weighted by Gasteiger charge is -2.32. The van der Waals surface area contributed by atoms with Crippen LogP contribution in [0.1, 0.15) is 20.8 Å². The summed E-state index contributed by atoms with van der Waals surface area (Å²) in [7, 11) is 2.09. The van der Waals surface area contributed by atoms with Crippen molar-refractivity contribution in [1.82, 2.24) is 15.1 Å². The number of ketones is 1. The molecule has 0 aromatic heterocycles. The van der Waals surface area contributed by atoms with Crippen LogP contribution in [0.5, 0.6) is 0 Å². The van der Waals surface area contributed by atoms with Gasteiger partial charge in [0.15, 0.2) is 5.78 Å². The van der Waals surface area contributed by atoms with Gasteiger partial charge in [-0.3, -0.25) is 14.5 Å². The monoisotopic (exact) mass is 255 g/mol. The van der Waals surface area contributed by atoms with Gasteiger partial charge >= 0.3 is 0 Å². The number of carbonyl (C=O) groups is 2. The quantitative estimate of drug-likeness (QED) is 0.749. The second-order valence-corrected chi connectivity index (χ2v) is 5.48. The predicted molar refractivity (Wildman–Crippen MR) is 71.4 cm³/mol. The average Bonchev–Trinajstić information content (AvgIpc) is 2.28. The van der Waals surface area contributed by atoms with Crippen molar-refractivity contribution in [2.24, 2.45) is 5.92 Å². The zero-order valence-electron chi connectivity index (χ0n) is 11.9. The third kappa shape index (κ3) is 4.74. The van der Waals surface area contributed by atoms with Gasteiger partial charge in [0.2, 0.25) is 5.91 Å². The van der Waals surface area contributed by atoms with Crippen LogP contribution >= 0.6 is 0 Å². The zero-order chi connectivity index (χ0) is 13.7. The topological polar surface area (TPSA) is 52.7 Å². The van der Waals surface area contributed by atoms with Crippen LogP contribution in [0, 0.1) is 5.92 Å². The molecule has 1 amide bonds. The molecule has 1 aliphatic rings. The van der Waals surface area contributed by atoms with E-state index in [1.54, 1.807) is 0 Å². The summed E-state index contributed by atoms with van der Waals surface area (Å²) in [6, 6.07) is -0.357. The van der Waals surface area contributed by atoms with Crippen LogP contribution < -0.4 is 5.32 Å². The van der Waals surface area contributed by atoms with Crippen LogP contribution in [-0.4, -0.2) is 67.3 Å². The number of amides is 1. The lowest BCUT2D eigenvalue weighted by atomic mass is 10.0. The van der Waals surface area contributed by atoms with Crippen molar-refractivity contribution >= 4 is 11.7 Å². The Labute approximate surface area is 110 Å². The van der Waals surface area contributed by atoms with Crippen LogP contribution in [0.25, 0.3) is 0 Å². The molecule has 0 aromatic rings. The van der Waals surface area contributed by atoms with Crippen molar-refractivity contribution < 1.29 is 9.59 Å². The normalized spacial score (nSPS) is 19.8. The third-order valence-electron chi connectivity index (χ3n) is 3.38. The Morgan fingerprint density at radius 3 is 2.17 bits per heavy atom. The van der Waals surface area contributed by atoms with E-state index in [2.05, 4.69) is 22.2 Å². The first kappa shape index (κ1) is 15.1. The summed E-state index contributed by atoms with van der Waals surface area (Å²) >= 11 is 0. The summed E-state index contributed by atoms with van der Waals surface area (Å²) < 4.78 is 0. The summed E-state index contributed by atoms with van der Waals surface area (Å²) in [5, 5.41) is 2.83. The number of carbonyl (C=O) groups excluding carboxylic acids is 2. The molecule has 18 heavy (non-hydrogen) atoms. The number of Topliss-reactive ketones (excluding diaryl/α,β-unsaturated/α-hetero) is 1. The molecule has 0 bridgehead atoms. The standard InChI is InChI=1S/C13H25N3O2/c1-10(2)13(11(3)17)14-12(18)9-16-7-5-15(4)6-8-16/h10,13H,5-9H2,1-4H3,(H,14,18). The molecular weight excluding hydrogens is 230 g/mol. The van der Waals surface area contributed by atoms with Crippen LogP contribution in [0.4, 0.5) is 0 Å². The van der Waals surface area contributed by atoms with E-state index in [1.807, 2.05) is 13.8 Å². The molecule has 1 heterocycles. The predicted octanol–water partition coefficient (Wildman–Crippen LogP) is -0.0364. The largest absolute Gasteiger partial charge is 0.345 e. The Kier molecular flexibility index (Phi) is 5.75. The van der Waals surface area contributed by atoms with Crippen molar-refractivity contribution in [3.05, 3.63) is 0 Å². The van der Waals surface area contributed by atoms with Crippen molar-refractivity contribution in [3.63, 3.8) is 0 Å². The molecule has 0 spiro atoms. The van der Waals surface area contributed by atoms with E-state index in [-0.39, 0.29) is 23.7 Å². The molecule has 1 rings (SSSR count). The fourth-order valence-corrected chi connectivity index (χ4v) is 2.17. The zero-order valence-corrected chi connectivity index (χ0v) is 11.9. The fraction of sp³-hybridized carbons (Fsp3) is 0.846. The highest BCUT2D eigenvalue weighted by atomic mass is 16.2. The molecule has 1 unspecified atom stereocenters. The Morgan fingerprint density at radius 1 is 1.17 bits per heavy atom. The Bertz CT molecular complexity index is 297. The Morgan fingerprint density at radius 2 is 1.72 bits per heavy atom. The molecular formula is C13H25N3O2. The van der Waals surface area contributed by atoms with Gasteiger partial charge in [-0.05, 0) is 19.9 Å². The first-order valence-electron chi connectivity index (χ1n) is 6.61. The summed E-state index contributed by atoms with van der Waals surface area (Å²) in [5.74, 6) is 0.115. The van der Waals surface area contributed by atoms with Gasteiger partial charge < -0.3 is 10.2 Å². The van der Waals surface area contributed by atoms with E-state index in [9.17, 15) is 9.59 Å². The second-order valence-electron chi connectivity index (χ2n) is 5.48. The van der Waals surface area contributed by atoms with Gasteiger partial charge in [0, 0.05) is 26.2 Å².